The second kappa shape index (κ2) is 5.24. The molecule has 1 saturated heterocycles. The third kappa shape index (κ3) is 2.30. The zero-order valence-corrected chi connectivity index (χ0v) is 15.5. The molecule has 1 fully saturated rings. The van der Waals surface area contributed by atoms with Crippen molar-refractivity contribution in [2.24, 2.45) is 0 Å². The van der Waals surface area contributed by atoms with Gasteiger partial charge < -0.3 is 10.1 Å². The van der Waals surface area contributed by atoms with E-state index in [9.17, 15) is 4.79 Å². The topological polar surface area (TPSA) is 41.6 Å². The van der Waals surface area contributed by atoms with Crippen molar-refractivity contribution in [1.29, 1.82) is 0 Å². The van der Waals surface area contributed by atoms with Crippen LogP contribution in [0.25, 0.3) is 0 Å². The number of hydrogen-bond acceptors (Lipinski definition) is 2. The standard InChI is InChI=1S/C19H19BrN2O2/c1-11-4-6-14(8-12(11)2)22-18(23)21-16-10-19(22,3)24-17-7-5-13(20)9-15(16)17/h4-9,16H,10H2,1-3H3,(H,21,23)/t16-,19-/m0/s1. The monoisotopic (exact) mass is 386 g/mol. The molecule has 0 aliphatic carbocycles. The highest BCUT2D eigenvalue weighted by Crippen LogP contribution is 2.46. The van der Waals surface area contributed by atoms with Crippen molar-refractivity contribution in [1.82, 2.24) is 5.32 Å². The van der Waals surface area contributed by atoms with Gasteiger partial charge in [0.15, 0.2) is 5.72 Å². The van der Waals surface area contributed by atoms with Gasteiger partial charge in [0.1, 0.15) is 5.75 Å². The van der Waals surface area contributed by atoms with E-state index in [1.165, 1.54) is 5.56 Å². The summed E-state index contributed by atoms with van der Waals surface area (Å²) in [6, 6.07) is 11.8. The number of benzene rings is 2. The van der Waals surface area contributed by atoms with Crippen LogP contribution in [0, 0.1) is 13.8 Å². The van der Waals surface area contributed by atoms with Crippen LogP contribution in [-0.2, 0) is 0 Å². The molecular formula is C19H19BrN2O2. The van der Waals surface area contributed by atoms with Crippen molar-refractivity contribution in [3.05, 3.63) is 57.6 Å². The molecule has 2 aromatic rings. The van der Waals surface area contributed by atoms with Crippen LogP contribution in [0.4, 0.5) is 10.5 Å². The van der Waals surface area contributed by atoms with E-state index in [2.05, 4.69) is 35.1 Å². The fourth-order valence-corrected chi connectivity index (χ4v) is 3.98. The lowest BCUT2D eigenvalue weighted by atomic mass is 9.90. The summed E-state index contributed by atoms with van der Waals surface area (Å²) in [6.07, 6.45) is 0.703. The van der Waals surface area contributed by atoms with Gasteiger partial charge in [-0.05, 0) is 62.2 Å². The molecule has 0 aromatic heterocycles. The lowest BCUT2D eigenvalue weighted by molar-refractivity contribution is 0.0378. The van der Waals surface area contributed by atoms with Crippen LogP contribution in [0.15, 0.2) is 40.9 Å². The van der Waals surface area contributed by atoms with Crippen LogP contribution in [0.5, 0.6) is 5.75 Å². The molecule has 0 spiro atoms. The second-order valence-corrected chi connectivity index (χ2v) is 7.69. The number of urea groups is 1. The van der Waals surface area contributed by atoms with E-state index in [1.807, 2.05) is 43.3 Å². The Balaban J connectivity index is 1.80. The molecule has 124 valence electrons. The van der Waals surface area contributed by atoms with Crippen molar-refractivity contribution >= 4 is 27.6 Å². The Morgan fingerprint density at radius 1 is 1.21 bits per heavy atom. The number of nitrogens with one attached hydrogen (secondary N) is 1. The van der Waals surface area contributed by atoms with Crippen LogP contribution >= 0.6 is 15.9 Å². The highest BCUT2D eigenvalue weighted by atomic mass is 79.9. The number of hydrogen-bond donors (Lipinski definition) is 1. The third-order valence-corrected chi connectivity index (χ3v) is 5.48. The normalized spacial score (nSPS) is 24.9. The molecule has 0 radical (unpaired) electrons. The summed E-state index contributed by atoms with van der Waals surface area (Å²) in [5.41, 5.74) is 3.55. The van der Waals surface area contributed by atoms with E-state index in [1.54, 1.807) is 4.90 Å². The molecule has 2 bridgehead atoms. The Morgan fingerprint density at radius 2 is 2.00 bits per heavy atom. The molecule has 24 heavy (non-hydrogen) atoms. The molecule has 0 unspecified atom stereocenters. The molecule has 4 rings (SSSR count). The minimum atomic E-state index is -0.699. The maximum absolute atomic E-state index is 12.8. The van der Waals surface area contributed by atoms with Crippen molar-refractivity contribution in [3.8, 4) is 5.75 Å². The summed E-state index contributed by atoms with van der Waals surface area (Å²) in [5.74, 6) is 0.825. The SMILES string of the molecule is Cc1ccc(N2C(=O)N[C@H]3C[C@]2(C)Oc2ccc(Br)cc23)cc1C. The number of fused-ring (bicyclic) bond motifs is 4. The number of carbonyl (C=O) groups excluding carboxylic acids is 1. The predicted octanol–water partition coefficient (Wildman–Crippen LogP) is 4.84. The largest absolute Gasteiger partial charge is 0.467 e. The second-order valence-electron chi connectivity index (χ2n) is 6.77. The fourth-order valence-electron chi connectivity index (χ4n) is 3.60. The van der Waals surface area contributed by atoms with Crippen molar-refractivity contribution in [2.45, 2.75) is 39.0 Å². The van der Waals surface area contributed by atoms with Gasteiger partial charge in [0.05, 0.1) is 6.04 Å². The number of nitrogens with zero attached hydrogens (tertiary/aromatic N) is 1. The molecule has 2 heterocycles. The van der Waals surface area contributed by atoms with Gasteiger partial charge in [0.2, 0.25) is 0 Å². The minimum Gasteiger partial charge on any atom is -0.467 e. The van der Waals surface area contributed by atoms with Gasteiger partial charge in [-0.25, -0.2) is 4.79 Å². The number of halogens is 1. The van der Waals surface area contributed by atoms with Crippen molar-refractivity contribution in [2.75, 3.05) is 4.90 Å². The van der Waals surface area contributed by atoms with Gasteiger partial charge in [-0.1, -0.05) is 22.0 Å². The van der Waals surface area contributed by atoms with Crippen LogP contribution in [0.2, 0.25) is 0 Å². The number of anilines is 1. The van der Waals surface area contributed by atoms with Gasteiger partial charge in [0, 0.05) is 22.1 Å². The summed E-state index contributed by atoms with van der Waals surface area (Å²) in [4.78, 5) is 14.6. The maximum atomic E-state index is 12.8. The van der Waals surface area contributed by atoms with Gasteiger partial charge in [-0.2, -0.15) is 0 Å². The average Bonchev–Trinajstić information content (AvgIpc) is 2.51. The zero-order chi connectivity index (χ0) is 17.1. The number of rotatable bonds is 1. The average molecular weight is 387 g/mol. The number of amides is 2. The molecule has 2 amide bonds. The Kier molecular flexibility index (Phi) is 3.39. The molecule has 0 saturated carbocycles. The minimum absolute atomic E-state index is 0.0356. The molecular weight excluding hydrogens is 368 g/mol. The maximum Gasteiger partial charge on any atom is 0.325 e. The number of ether oxygens (including phenoxy) is 1. The first-order valence-corrected chi connectivity index (χ1v) is 8.83. The van der Waals surface area contributed by atoms with E-state index in [0.717, 1.165) is 27.0 Å². The van der Waals surface area contributed by atoms with Gasteiger partial charge in [-0.15, -0.1) is 0 Å². The molecule has 2 aromatic carbocycles. The van der Waals surface area contributed by atoms with Gasteiger partial charge >= 0.3 is 6.03 Å². The van der Waals surface area contributed by atoms with Crippen LogP contribution in [0.3, 0.4) is 0 Å². The van der Waals surface area contributed by atoms with E-state index in [-0.39, 0.29) is 12.1 Å². The Hall–Kier alpha value is -2.01. The first kappa shape index (κ1) is 15.5. The molecule has 2 aliphatic heterocycles. The zero-order valence-electron chi connectivity index (χ0n) is 13.9. The van der Waals surface area contributed by atoms with Crippen molar-refractivity contribution in [3.63, 3.8) is 0 Å². The fraction of sp³-hybridized carbons (Fsp3) is 0.316. The lowest BCUT2D eigenvalue weighted by Gasteiger charge is -2.50. The molecule has 4 nitrogen and oxygen atoms in total. The third-order valence-electron chi connectivity index (χ3n) is 4.98. The number of carbonyl (C=O) groups is 1. The predicted molar refractivity (Wildman–Crippen MR) is 97.5 cm³/mol. The summed E-state index contributed by atoms with van der Waals surface area (Å²) < 4.78 is 7.28. The van der Waals surface area contributed by atoms with Gasteiger partial charge in [0.25, 0.3) is 0 Å². The van der Waals surface area contributed by atoms with E-state index < -0.39 is 5.72 Å². The summed E-state index contributed by atoms with van der Waals surface area (Å²) >= 11 is 3.49. The highest BCUT2D eigenvalue weighted by molar-refractivity contribution is 9.10. The molecule has 1 N–H and O–H groups in total. The summed E-state index contributed by atoms with van der Waals surface area (Å²) in [6.45, 7) is 6.11. The van der Waals surface area contributed by atoms with Crippen molar-refractivity contribution < 1.29 is 9.53 Å². The summed E-state index contributed by atoms with van der Waals surface area (Å²) in [5, 5.41) is 3.13. The van der Waals surface area contributed by atoms with E-state index >= 15 is 0 Å². The van der Waals surface area contributed by atoms with Crippen LogP contribution in [0.1, 0.15) is 36.1 Å². The lowest BCUT2D eigenvalue weighted by Crippen LogP contribution is -2.65. The number of aryl methyl sites for hydroxylation is 2. The van der Waals surface area contributed by atoms with E-state index in [4.69, 9.17) is 4.74 Å². The first-order valence-electron chi connectivity index (χ1n) is 8.04. The molecule has 2 aliphatic rings. The Bertz CT molecular complexity index is 851. The van der Waals surface area contributed by atoms with E-state index in [0.29, 0.717) is 6.42 Å². The van der Waals surface area contributed by atoms with Crippen LogP contribution in [-0.4, -0.2) is 11.8 Å². The van der Waals surface area contributed by atoms with Crippen LogP contribution < -0.4 is 15.0 Å². The Morgan fingerprint density at radius 3 is 2.75 bits per heavy atom. The van der Waals surface area contributed by atoms with Gasteiger partial charge in [-0.3, -0.25) is 4.90 Å². The smallest absolute Gasteiger partial charge is 0.325 e. The molecule has 2 atom stereocenters. The highest BCUT2D eigenvalue weighted by Gasteiger charge is 2.49. The molecule has 5 heteroatoms. The quantitative estimate of drug-likeness (QED) is 0.761. The Labute approximate surface area is 149 Å². The first-order chi connectivity index (χ1) is 11.4. The summed E-state index contributed by atoms with van der Waals surface area (Å²) in [7, 11) is 0.